The Balaban J connectivity index is 1.65. The predicted molar refractivity (Wildman–Crippen MR) is 116 cm³/mol. The van der Waals surface area contributed by atoms with Crippen molar-refractivity contribution in [2.24, 2.45) is 10.4 Å². The summed E-state index contributed by atoms with van der Waals surface area (Å²) in [4.78, 5) is 21.9. The molecule has 1 spiro atoms. The van der Waals surface area contributed by atoms with E-state index in [0.717, 1.165) is 24.0 Å². The maximum Gasteiger partial charge on any atom is 0.350 e. The monoisotopic (exact) mass is 422 g/mol. The maximum absolute atomic E-state index is 12.1. The lowest BCUT2D eigenvalue weighted by molar-refractivity contribution is -0.168. The first-order valence-electron chi connectivity index (χ1n) is 10.8. The van der Waals surface area contributed by atoms with Crippen molar-refractivity contribution in [2.45, 2.75) is 78.5 Å². The van der Waals surface area contributed by atoms with E-state index in [1.807, 2.05) is 27.7 Å². The van der Waals surface area contributed by atoms with Crippen molar-refractivity contribution in [3.05, 3.63) is 15.6 Å². The summed E-state index contributed by atoms with van der Waals surface area (Å²) in [6, 6.07) is 0.339. The molecule has 162 valence electrons. The van der Waals surface area contributed by atoms with Crippen LogP contribution in [-0.4, -0.2) is 48.8 Å². The van der Waals surface area contributed by atoms with E-state index in [-0.39, 0.29) is 17.4 Å². The van der Waals surface area contributed by atoms with E-state index in [4.69, 9.17) is 9.47 Å². The van der Waals surface area contributed by atoms with Crippen LogP contribution in [0.4, 0.5) is 0 Å². The number of hydrogen-bond acceptors (Lipinski definition) is 6. The number of nitrogens with one attached hydrogen (secondary N) is 2. The SMILES string of the molecule is CCN=C(NC(C)c1nc(C)c(C(=O)OCC)s1)NC1CC(OCC)C12CCC2. The first-order valence-corrected chi connectivity index (χ1v) is 11.6. The standard InChI is InChI=1S/C21H34N4O3S/c1-6-22-20(25-15-12-16(27-7-2)21(15)10-9-11-21)24-14(5)18-23-13(4)17(29-18)19(26)28-8-3/h14-16H,6-12H2,1-5H3,(H2,22,24,25). The van der Waals surface area contributed by atoms with E-state index in [0.29, 0.717) is 35.9 Å². The molecule has 3 atom stereocenters. The van der Waals surface area contributed by atoms with Crippen LogP contribution < -0.4 is 10.6 Å². The predicted octanol–water partition coefficient (Wildman–Crippen LogP) is 3.59. The van der Waals surface area contributed by atoms with Crippen LogP contribution >= 0.6 is 11.3 Å². The van der Waals surface area contributed by atoms with Crippen molar-refractivity contribution in [1.29, 1.82) is 0 Å². The minimum absolute atomic E-state index is 0.0558. The number of carbonyl (C=O) groups excluding carboxylic acids is 1. The Morgan fingerprint density at radius 1 is 1.34 bits per heavy atom. The second kappa shape index (κ2) is 9.43. The number of thiazole rings is 1. The summed E-state index contributed by atoms with van der Waals surface area (Å²) in [6.07, 6.45) is 5.11. The van der Waals surface area contributed by atoms with Gasteiger partial charge in [-0.3, -0.25) is 4.99 Å². The van der Waals surface area contributed by atoms with E-state index in [1.54, 1.807) is 0 Å². The highest BCUT2D eigenvalue weighted by atomic mass is 32.1. The summed E-state index contributed by atoms with van der Waals surface area (Å²) >= 11 is 1.39. The third-order valence-electron chi connectivity index (χ3n) is 6.06. The molecule has 0 saturated heterocycles. The van der Waals surface area contributed by atoms with Crippen LogP contribution in [0.1, 0.15) is 79.8 Å². The summed E-state index contributed by atoms with van der Waals surface area (Å²) in [6.45, 7) is 11.6. The van der Waals surface area contributed by atoms with Crippen LogP contribution in [0.5, 0.6) is 0 Å². The molecule has 0 amide bonds. The van der Waals surface area contributed by atoms with Crippen molar-refractivity contribution in [1.82, 2.24) is 15.6 Å². The minimum atomic E-state index is -0.301. The van der Waals surface area contributed by atoms with Gasteiger partial charge in [-0.15, -0.1) is 11.3 Å². The number of aromatic nitrogens is 1. The lowest BCUT2D eigenvalue weighted by Crippen LogP contribution is -2.68. The fourth-order valence-corrected chi connectivity index (χ4v) is 5.32. The molecular weight excluding hydrogens is 388 g/mol. The summed E-state index contributed by atoms with van der Waals surface area (Å²) in [5.74, 6) is 0.502. The zero-order chi connectivity index (χ0) is 21.0. The summed E-state index contributed by atoms with van der Waals surface area (Å²) in [5, 5.41) is 7.97. The van der Waals surface area contributed by atoms with Gasteiger partial charge in [0.05, 0.1) is 24.4 Å². The fraction of sp³-hybridized carbons (Fsp3) is 0.762. The quantitative estimate of drug-likeness (QED) is 0.378. The molecule has 1 aromatic heterocycles. The van der Waals surface area contributed by atoms with Gasteiger partial charge in [-0.2, -0.15) is 0 Å². The molecule has 0 bridgehead atoms. The average Bonchev–Trinajstić information content (AvgIpc) is 3.01. The highest BCUT2D eigenvalue weighted by Gasteiger charge is 2.59. The van der Waals surface area contributed by atoms with Gasteiger partial charge >= 0.3 is 5.97 Å². The zero-order valence-corrected chi connectivity index (χ0v) is 19.0. The number of hydrogen-bond donors (Lipinski definition) is 2. The van der Waals surface area contributed by atoms with Gasteiger partial charge in [0, 0.05) is 24.6 Å². The highest BCUT2D eigenvalue weighted by molar-refractivity contribution is 7.13. The van der Waals surface area contributed by atoms with E-state index in [1.165, 1.54) is 30.6 Å². The second-order valence-corrected chi connectivity index (χ2v) is 8.87. The molecule has 2 fully saturated rings. The molecule has 0 radical (unpaired) electrons. The van der Waals surface area contributed by atoms with Crippen LogP contribution in [0.2, 0.25) is 0 Å². The first-order chi connectivity index (χ1) is 13.9. The molecule has 0 aliphatic heterocycles. The molecule has 29 heavy (non-hydrogen) atoms. The molecule has 3 rings (SSSR count). The third kappa shape index (κ3) is 4.43. The molecule has 1 heterocycles. The number of ether oxygens (including phenoxy) is 2. The maximum atomic E-state index is 12.1. The minimum Gasteiger partial charge on any atom is -0.462 e. The lowest BCUT2D eigenvalue weighted by atomic mass is 9.51. The van der Waals surface area contributed by atoms with Crippen molar-refractivity contribution < 1.29 is 14.3 Å². The van der Waals surface area contributed by atoms with Crippen molar-refractivity contribution in [3.8, 4) is 0 Å². The van der Waals surface area contributed by atoms with Gasteiger partial charge in [-0.1, -0.05) is 6.42 Å². The van der Waals surface area contributed by atoms with Gasteiger partial charge in [0.1, 0.15) is 9.88 Å². The smallest absolute Gasteiger partial charge is 0.350 e. The summed E-state index contributed by atoms with van der Waals surface area (Å²) < 4.78 is 11.1. The molecule has 2 aliphatic carbocycles. The molecule has 3 unspecified atom stereocenters. The highest BCUT2D eigenvalue weighted by Crippen LogP contribution is 2.57. The van der Waals surface area contributed by atoms with Gasteiger partial charge in [0.2, 0.25) is 0 Å². The lowest BCUT2D eigenvalue weighted by Gasteiger charge is -2.61. The van der Waals surface area contributed by atoms with Crippen LogP contribution in [0, 0.1) is 12.3 Å². The first kappa shape index (κ1) is 22.0. The van der Waals surface area contributed by atoms with Crippen molar-refractivity contribution in [2.75, 3.05) is 19.8 Å². The van der Waals surface area contributed by atoms with Crippen molar-refractivity contribution >= 4 is 23.3 Å². The number of rotatable bonds is 8. The molecule has 2 saturated carbocycles. The Hall–Kier alpha value is -1.67. The number of nitrogens with zero attached hydrogens (tertiary/aromatic N) is 2. The van der Waals surface area contributed by atoms with Gasteiger partial charge in [-0.25, -0.2) is 9.78 Å². The van der Waals surface area contributed by atoms with E-state index in [9.17, 15) is 4.79 Å². The number of aliphatic imine (C=N–C) groups is 1. The van der Waals surface area contributed by atoms with Crippen LogP contribution in [0.15, 0.2) is 4.99 Å². The summed E-state index contributed by atoms with van der Waals surface area (Å²) in [7, 11) is 0. The number of guanidine groups is 1. The fourth-order valence-electron chi connectivity index (χ4n) is 4.35. The average molecular weight is 423 g/mol. The normalized spacial score (nSPS) is 23.8. The van der Waals surface area contributed by atoms with Crippen LogP contribution in [-0.2, 0) is 9.47 Å². The van der Waals surface area contributed by atoms with Crippen molar-refractivity contribution in [3.63, 3.8) is 0 Å². The molecule has 8 heteroatoms. The van der Waals surface area contributed by atoms with Crippen LogP contribution in [0.3, 0.4) is 0 Å². The van der Waals surface area contributed by atoms with E-state index < -0.39 is 0 Å². The van der Waals surface area contributed by atoms with Gasteiger partial charge < -0.3 is 20.1 Å². The van der Waals surface area contributed by atoms with Gasteiger partial charge in [0.15, 0.2) is 5.96 Å². The molecule has 2 aliphatic rings. The largest absolute Gasteiger partial charge is 0.462 e. The topological polar surface area (TPSA) is 84.8 Å². The second-order valence-electron chi connectivity index (χ2n) is 7.84. The van der Waals surface area contributed by atoms with E-state index in [2.05, 4.69) is 27.5 Å². The molecular formula is C21H34N4O3S. The Labute approximate surface area is 177 Å². The van der Waals surface area contributed by atoms with Gasteiger partial charge in [0.25, 0.3) is 0 Å². The van der Waals surface area contributed by atoms with Crippen LogP contribution in [0.25, 0.3) is 0 Å². The Kier molecular flexibility index (Phi) is 7.16. The number of esters is 1. The van der Waals surface area contributed by atoms with Gasteiger partial charge in [-0.05, 0) is 53.9 Å². The Morgan fingerprint density at radius 3 is 2.69 bits per heavy atom. The molecule has 0 aromatic carbocycles. The number of carbonyl (C=O) groups is 1. The molecule has 7 nitrogen and oxygen atoms in total. The zero-order valence-electron chi connectivity index (χ0n) is 18.2. The molecule has 1 aromatic rings. The Bertz CT molecular complexity index is 744. The van der Waals surface area contributed by atoms with E-state index >= 15 is 0 Å². The Morgan fingerprint density at radius 2 is 2.10 bits per heavy atom. The summed E-state index contributed by atoms with van der Waals surface area (Å²) in [5.41, 5.74) is 0.982. The third-order valence-corrected chi connectivity index (χ3v) is 7.38. The molecule has 2 N–H and O–H groups in total. The number of aryl methyl sites for hydroxylation is 1.